The van der Waals surface area contributed by atoms with E-state index in [9.17, 15) is 32.5 Å². The van der Waals surface area contributed by atoms with E-state index >= 15 is 0 Å². The number of alkyl carbamates (subject to hydrolysis) is 1. The molecule has 4 aromatic carbocycles. The maximum atomic E-state index is 12.8. The molecular formula is C53H63N4O11S2+. The predicted octanol–water partition coefficient (Wildman–Crippen LogP) is 9.98. The monoisotopic (exact) mass is 995 g/mol. The summed E-state index contributed by atoms with van der Waals surface area (Å²) >= 11 is 0.905. The van der Waals surface area contributed by atoms with Crippen LogP contribution in [0.4, 0.5) is 16.2 Å². The molecule has 2 heterocycles. The minimum absolute atomic E-state index is 0.0747. The van der Waals surface area contributed by atoms with E-state index in [-0.39, 0.29) is 24.9 Å². The second-order valence-electron chi connectivity index (χ2n) is 18.9. The Morgan fingerprint density at radius 1 is 0.886 bits per heavy atom. The van der Waals surface area contributed by atoms with Crippen molar-refractivity contribution in [2.24, 2.45) is 0 Å². The number of unbranched alkanes of at least 4 members (excludes halogenated alkanes) is 3. The highest BCUT2D eigenvalue weighted by molar-refractivity contribution is 7.94. The van der Waals surface area contributed by atoms with Gasteiger partial charge in [-0.3, -0.25) is 9.35 Å². The minimum atomic E-state index is -4.19. The zero-order valence-electron chi connectivity index (χ0n) is 40.3. The van der Waals surface area contributed by atoms with Gasteiger partial charge >= 0.3 is 12.1 Å². The molecule has 7 rings (SSSR count). The summed E-state index contributed by atoms with van der Waals surface area (Å²) in [7, 11) is -4.19. The van der Waals surface area contributed by atoms with Crippen molar-refractivity contribution in [1.82, 2.24) is 10.6 Å². The summed E-state index contributed by atoms with van der Waals surface area (Å²) < 4.78 is 45.5. The first-order valence-corrected chi connectivity index (χ1v) is 26.1. The molecule has 70 heavy (non-hydrogen) atoms. The molecule has 0 radical (unpaired) electrons. The van der Waals surface area contributed by atoms with Crippen LogP contribution in [0.5, 0.6) is 0 Å². The fourth-order valence-electron chi connectivity index (χ4n) is 10.2. The largest absolute Gasteiger partial charge is 0.480 e. The number of hydrogen-bond donors (Lipinski definition) is 5. The minimum Gasteiger partial charge on any atom is -0.480 e. The third kappa shape index (κ3) is 11.8. The van der Waals surface area contributed by atoms with Gasteiger partial charge in [-0.1, -0.05) is 85.6 Å². The van der Waals surface area contributed by atoms with E-state index in [0.717, 1.165) is 85.9 Å². The molecule has 0 saturated carbocycles. The smallest absolute Gasteiger partial charge is 0.407 e. The molecule has 0 saturated heterocycles. The number of likely N-dealkylation sites (N-methyl/N-ethyl adjacent to an activating group) is 1. The second kappa shape index (κ2) is 22.5. The standard InChI is InChI=1S/C53H62N4O11S2/c1-6-56-45-27-25-35(34-70(63,64)65)31-42(45)52(2,3)47(56)22-16-23-48-53(4,5)43-32-36(69-68-67-62)26-28-46(43)57(48)30-15-7-8-24-49(58)54-29-14-13-21-44(50(59)60)55-51(61)66-33-41-39-19-11-9-17-37(39)38-18-10-12-20-40(38)41/h9-12,16-20,22-23,25-28,31-32,41,44H,6-8,13-15,21,24,29-30,33-34H2,1-5H3,(H4-,54,55,58,59,60,61,62,63,64,65)/p+1. The van der Waals surface area contributed by atoms with Crippen LogP contribution in [0.3, 0.4) is 0 Å². The Hall–Kier alpha value is -5.82. The van der Waals surface area contributed by atoms with E-state index in [0.29, 0.717) is 50.9 Å². The Kier molecular flexibility index (Phi) is 16.7. The molecule has 17 heteroatoms. The number of carboxylic acid groups (broad SMARTS) is 1. The van der Waals surface area contributed by atoms with Gasteiger partial charge < -0.3 is 25.4 Å². The Morgan fingerprint density at radius 3 is 2.27 bits per heavy atom. The summed E-state index contributed by atoms with van der Waals surface area (Å²) in [6, 6.07) is 26.4. The lowest BCUT2D eigenvalue weighted by atomic mass is 9.81. The summed E-state index contributed by atoms with van der Waals surface area (Å²) in [5, 5.41) is 27.9. The lowest BCUT2D eigenvalue weighted by Gasteiger charge is -2.25. The number of nitrogens with one attached hydrogen (secondary N) is 2. The first-order valence-electron chi connectivity index (χ1n) is 23.7. The van der Waals surface area contributed by atoms with Gasteiger partial charge in [0.2, 0.25) is 11.6 Å². The number of ether oxygens (including phenoxy) is 1. The zero-order chi connectivity index (χ0) is 50.2. The van der Waals surface area contributed by atoms with E-state index in [1.54, 1.807) is 6.07 Å². The Morgan fingerprint density at radius 2 is 1.60 bits per heavy atom. The number of carbonyl (C=O) groups excluding carboxylic acids is 2. The molecule has 372 valence electrons. The Labute approximate surface area is 414 Å². The summed E-state index contributed by atoms with van der Waals surface area (Å²) in [4.78, 5) is 40.6. The fraction of sp³-hybridized carbons (Fsp3) is 0.396. The molecule has 3 aliphatic rings. The van der Waals surface area contributed by atoms with Gasteiger partial charge in [0.1, 0.15) is 24.9 Å². The maximum absolute atomic E-state index is 12.8. The third-order valence-corrected chi connectivity index (χ3v) is 14.9. The molecule has 1 aliphatic carbocycles. The second-order valence-corrected chi connectivity index (χ2v) is 21.2. The van der Waals surface area contributed by atoms with Gasteiger partial charge in [0.05, 0.1) is 17.5 Å². The lowest BCUT2D eigenvalue weighted by molar-refractivity contribution is -0.438. The number of fused-ring (bicyclic) bond motifs is 5. The number of carboxylic acids is 1. The molecule has 5 N–H and O–H groups in total. The topological polar surface area (TPSA) is 204 Å². The maximum Gasteiger partial charge on any atom is 0.407 e. The number of rotatable bonds is 23. The van der Waals surface area contributed by atoms with Gasteiger partial charge in [0.15, 0.2) is 5.71 Å². The van der Waals surface area contributed by atoms with Crippen molar-refractivity contribution >= 4 is 57.2 Å². The normalized spacial score (nSPS) is 16.6. The van der Waals surface area contributed by atoms with Gasteiger partial charge in [-0.05, 0) is 111 Å². The molecular weight excluding hydrogens is 933 g/mol. The molecule has 0 bridgehead atoms. The van der Waals surface area contributed by atoms with Crippen LogP contribution in [-0.2, 0) is 50.4 Å². The quantitative estimate of drug-likeness (QED) is 0.0117. The van der Waals surface area contributed by atoms with Gasteiger partial charge in [0.25, 0.3) is 10.1 Å². The van der Waals surface area contributed by atoms with Crippen molar-refractivity contribution in [1.29, 1.82) is 0 Å². The van der Waals surface area contributed by atoms with Crippen LogP contribution in [0.25, 0.3) is 11.1 Å². The van der Waals surface area contributed by atoms with Crippen LogP contribution < -0.4 is 15.5 Å². The number of anilines is 1. The van der Waals surface area contributed by atoms with Crippen LogP contribution in [0.15, 0.2) is 114 Å². The van der Waals surface area contributed by atoms with Crippen LogP contribution >= 0.6 is 12.0 Å². The van der Waals surface area contributed by atoms with E-state index in [2.05, 4.69) is 78.0 Å². The Bertz CT molecular complexity index is 2760. The number of hydrogen-bond acceptors (Lipinski definition) is 11. The molecule has 0 fully saturated rings. The molecule has 2 amide bonds. The molecule has 1 atom stereocenters. The molecule has 15 nitrogen and oxygen atoms in total. The lowest BCUT2D eigenvalue weighted by Crippen LogP contribution is -2.41. The average Bonchev–Trinajstić information content (AvgIpc) is 3.84. The van der Waals surface area contributed by atoms with Crippen LogP contribution in [0, 0.1) is 0 Å². The fourth-order valence-corrected chi connectivity index (χ4v) is 11.2. The van der Waals surface area contributed by atoms with Crippen LogP contribution in [0.1, 0.15) is 113 Å². The highest BCUT2D eigenvalue weighted by Gasteiger charge is 2.45. The average molecular weight is 996 g/mol. The van der Waals surface area contributed by atoms with Crippen molar-refractivity contribution < 1.29 is 56.4 Å². The van der Waals surface area contributed by atoms with E-state index in [4.69, 9.17) is 14.3 Å². The van der Waals surface area contributed by atoms with Crippen molar-refractivity contribution in [2.45, 2.75) is 113 Å². The number of allylic oxidation sites excluding steroid dienone is 4. The number of carbonyl (C=O) groups is 3. The zero-order valence-corrected chi connectivity index (χ0v) is 41.9. The van der Waals surface area contributed by atoms with Crippen LogP contribution in [-0.4, -0.2) is 83.9 Å². The van der Waals surface area contributed by atoms with Crippen molar-refractivity contribution in [3.63, 3.8) is 0 Å². The first-order chi connectivity index (χ1) is 33.4. The summed E-state index contributed by atoms with van der Waals surface area (Å²) in [6.45, 7) is 12.5. The SMILES string of the molecule is CCN1C(=CC=CC2=[N+](CCCCCC(=O)NCCCCC(NC(=O)OCC3c4ccccc4-c4ccccc43)C(=O)O)c3ccc(SOOO)cc3C2(C)C)C(C)(C)c2cc(CS(=O)(=O)O)ccc21. The molecule has 4 aromatic rings. The number of amides is 2. The highest BCUT2D eigenvalue weighted by Crippen LogP contribution is 2.49. The molecule has 0 spiro atoms. The van der Waals surface area contributed by atoms with Gasteiger partial charge in [-0.25, -0.2) is 14.8 Å². The summed E-state index contributed by atoms with van der Waals surface area (Å²) in [5.41, 5.74) is 10.2. The highest BCUT2D eigenvalue weighted by atomic mass is 32.2. The number of nitrogens with zero attached hydrogens (tertiary/aromatic N) is 2. The molecule has 2 aliphatic heterocycles. The number of benzene rings is 4. The van der Waals surface area contributed by atoms with E-state index in [1.165, 1.54) is 0 Å². The van der Waals surface area contributed by atoms with E-state index in [1.807, 2.05) is 78.9 Å². The van der Waals surface area contributed by atoms with Crippen molar-refractivity contribution in [3.05, 3.63) is 137 Å². The summed E-state index contributed by atoms with van der Waals surface area (Å²) in [6.07, 6.45) is 9.38. The molecule has 1 unspecified atom stereocenters. The third-order valence-electron chi connectivity index (χ3n) is 13.6. The van der Waals surface area contributed by atoms with Crippen LogP contribution in [0.2, 0.25) is 0 Å². The first kappa shape index (κ1) is 52.0. The van der Waals surface area contributed by atoms with Crippen molar-refractivity contribution in [3.8, 4) is 11.1 Å². The summed E-state index contributed by atoms with van der Waals surface area (Å²) in [5.74, 6) is -1.82. The van der Waals surface area contributed by atoms with Crippen molar-refractivity contribution in [2.75, 3.05) is 31.1 Å². The predicted molar refractivity (Wildman–Crippen MR) is 270 cm³/mol. The van der Waals surface area contributed by atoms with Gasteiger partial charge in [-0.2, -0.15) is 13.0 Å². The van der Waals surface area contributed by atoms with Gasteiger partial charge in [-0.15, -0.1) is 4.33 Å². The van der Waals surface area contributed by atoms with Gasteiger partial charge in [0, 0.05) is 71.2 Å². The van der Waals surface area contributed by atoms with E-state index < -0.39 is 44.8 Å². The Balaban J connectivity index is 0.902. The number of aliphatic carboxylic acids is 1. The molecule has 0 aromatic heterocycles.